The average molecular weight is 338 g/mol. The fourth-order valence-corrected chi connectivity index (χ4v) is 2.51. The topological polar surface area (TPSA) is 59.0 Å². The molecule has 2 N–H and O–H groups in total. The zero-order valence-electron chi connectivity index (χ0n) is 9.86. The van der Waals surface area contributed by atoms with Crippen LogP contribution in [0.15, 0.2) is 40.9 Å². The third-order valence-electron chi connectivity index (χ3n) is 2.50. The number of nitrogens with two attached hydrogens (primary N) is 1. The van der Waals surface area contributed by atoms with Crippen molar-refractivity contribution in [2.24, 2.45) is 0 Å². The molecule has 0 aromatic heterocycles. The van der Waals surface area contributed by atoms with Crippen LogP contribution in [0.2, 0.25) is 5.02 Å². The van der Waals surface area contributed by atoms with Crippen molar-refractivity contribution in [1.29, 1.82) is 5.26 Å². The molecule has 0 bridgehead atoms. The van der Waals surface area contributed by atoms with E-state index in [9.17, 15) is 0 Å². The lowest BCUT2D eigenvalue weighted by molar-refractivity contribution is 0.306. The van der Waals surface area contributed by atoms with E-state index in [0.717, 1.165) is 5.56 Å². The molecule has 0 aliphatic heterocycles. The summed E-state index contributed by atoms with van der Waals surface area (Å²) in [5, 5.41) is 9.27. The Kier molecular flexibility index (Phi) is 4.31. The van der Waals surface area contributed by atoms with Gasteiger partial charge in [0.25, 0.3) is 0 Å². The van der Waals surface area contributed by atoms with Gasteiger partial charge in [0.1, 0.15) is 6.61 Å². The lowest BCUT2D eigenvalue weighted by Crippen LogP contribution is -1.99. The van der Waals surface area contributed by atoms with Gasteiger partial charge in [-0.25, -0.2) is 0 Å². The predicted octanol–water partition coefficient (Wildman–Crippen LogP) is 4.14. The van der Waals surface area contributed by atoms with E-state index in [0.29, 0.717) is 33.1 Å². The van der Waals surface area contributed by atoms with Crippen molar-refractivity contribution < 1.29 is 4.74 Å². The number of nitrogens with zero attached hydrogens (tertiary/aromatic N) is 1. The number of hydrogen-bond acceptors (Lipinski definition) is 3. The Hall–Kier alpha value is -1.70. The summed E-state index contributed by atoms with van der Waals surface area (Å²) in [6.45, 7) is 0.371. The van der Waals surface area contributed by atoms with E-state index >= 15 is 0 Å². The van der Waals surface area contributed by atoms with Crippen LogP contribution in [0.5, 0.6) is 5.75 Å². The highest BCUT2D eigenvalue weighted by atomic mass is 79.9. The van der Waals surface area contributed by atoms with Crippen LogP contribution in [0, 0.1) is 11.3 Å². The van der Waals surface area contributed by atoms with E-state index in [4.69, 9.17) is 27.3 Å². The highest BCUT2D eigenvalue weighted by Gasteiger charge is 2.08. The van der Waals surface area contributed by atoms with Crippen LogP contribution in [0.4, 0.5) is 5.69 Å². The Morgan fingerprint density at radius 1 is 1.26 bits per heavy atom. The summed E-state index contributed by atoms with van der Waals surface area (Å²) in [6.07, 6.45) is 0. The number of halogens is 2. The Labute approximate surface area is 124 Å². The van der Waals surface area contributed by atoms with Crippen molar-refractivity contribution in [3.05, 3.63) is 57.0 Å². The average Bonchev–Trinajstić information content (AvgIpc) is 2.38. The second-order valence-corrected chi connectivity index (χ2v) is 5.19. The molecule has 0 amide bonds. The summed E-state index contributed by atoms with van der Waals surface area (Å²) >= 11 is 9.24. The number of ether oxygens (including phenoxy) is 1. The zero-order valence-corrected chi connectivity index (χ0v) is 12.2. The first-order valence-electron chi connectivity index (χ1n) is 5.46. The van der Waals surface area contributed by atoms with Gasteiger partial charge in [-0.3, -0.25) is 0 Å². The minimum atomic E-state index is 0.371. The molecule has 2 rings (SSSR count). The van der Waals surface area contributed by atoms with Crippen molar-refractivity contribution in [2.75, 3.05) is 5.73 Å². The molecule has 0 aliphatic carbocycles. The van der Waals surface area contributed by atoms with Crippen molar-refractivity contribution in [1.82, 2.24) is 0 Å². The van der Waals surface area contributed by atoms with Gasteiger partial charge in [-0.1, -0.05) is 23.7 Å². The highest BCUT2D eigenvalue weighted by molar-refractivity contribution is 9.10. The first-order valence-corrected chi connectivity index (χ1v) is 6.63. The van der Waals surface area contributed by atoms with Gasteiger partial charge >= 0.3 is 0 Å². The number of nitriles is 1. The predicted molar refractivity (Wildman–Crippen MR) is 79.1 cm³/mol. The molecule has 0 saturated heterocycles. The summed E-state index contributed by atoms with van der Waals surface area (Å²) in [5.74, 6) is 0.564. The smallest absolute Gasteiger partial charge is 0.156 e. The van der Waals surface area contributed by atoms with E-state index in [2.05, 4.69) is 22.0 Å². The molecule has 96 valence electrons. The number of hydrogen-bond donors (Lipinski definition) is 1. The second kappa shape index (κ2) is 5.96. The molecule has 0 heterocycles. The standard InChI is InChI=1S/C14H10BrClN2O/c15-12-5-11(16)6-13(18)14(12)19-8-10-3-1-9(7-17)2-4-10/h1-6H,8,18H2. The van der Waals surface area contributed by atoms with Gasteiger partial charge < -0.3 is 10.5 Å². The minimum absolute atomic E-state index is 0.371. The number of nitrogen functional groups attached to an aromatic ring is 1. The molecule has 0 radical (unpaired) electrons. The van der Waals surface area contributed by atoms with Crippen LogP contribution >= 0.6 is 27.5 Å². The van der Waals surface area contributed by atoms with E-state index in [1.54, 1.807) is 24.3 Å². The number of rotatable bonds is 3. The molecule has 19 heavy (non-hydrogen) atoms. The third-order valence-corrected chi connectivity index (χ3v) is 3.31. The lowest BCUT2D eigenvalue weighted by atomic mass is 10.1. The molecule has 0 saturated carbocycles. The molecule has 2 aromatic carbocycles. The fraction of sp³-hybridized carbons (Fsp3) is 0.0714. The Morgan fingerprint density at radius 2 is 1.95 bits per heavy atom. The maximum atomic E-state index is 8.72. The Bertz CT molecular complexity index is 612. The van der Waals surface area contributed by atoms with Gasteiger partial charge in [-0.15, -0.1) is 0 Å². The molecule has 0 aliphatic rings. The monoisotopic (exact) mass is 336 g/mol. The zero-order chi connectivity index (χ0) is 13.8. The first-order chi connectivity index (χ1) is 9.10. The Morgan fingerprint density at radius 3 is 2.53 bits per heavy atom. The summed E-state index contributed by atoms with van der Waals surface area (Å²) in [6, 6.07) is 12.6. The molecule has 0 fully saturated rings. The lowest BCUT2D eigenvalue weighted by Gasteiger charge is -2.11. The SMILES string of the molecule is N#Cc1ccc(COc2c(N)cc(Cl)cc2Br)cc1. The highest BCUT2D eigenvalue weighted by Crippen LogP contribution is 2.35. The van der Waals surface area contributed by atoms with Gasteiger partial charge in [0, 0.05) is 5.02 Å². The number of benzene rings is 2. The van der Waals surface area contributed by atoms with Gasteiger partial charge in [0.2, 0.25) is 0 Å². The van der Waals surface area contributed by atoms with Crippen molar-refractivity contribution in [2.45, 2.75) is 6.61 Å². The van der Waals surface area contributed by atoms with Gasteiger partial charge in [0.05, 0.1) is 21.8 Å². The van der Waals surface area contributed by atoms with Crippen molar-refractivity contribution >= 4 is 33.2 Å². The van der Waals surface area contributed by atoms with Gasteiger partial charge in [-0.2, -0.15) is 5.26 Å². The second-order valence-electron chi connectivity index (χ2n) is 3.90. The summed E-state index contributed by atoms with van der Waals surface area (Å²) in [4.78, 5) is 0. The van der Waals surface area contributed by atoms with Crippen LogP contribution in [-0.4, -0.2) is 0 Å². The Balaban J connectivity index is 2.12. The van der Waals surface area contributed by atoms with Crippen LogP contribution in [-0.2, 0) is 6.61 Å². The third kappa shape index (κ3) is 3.40. The van der Waals surface area contributed by atoms with Crippen LogP contribution in [0.25, 0.3) is 0 Å². The summed E-state index contributed by atoms with van der Waals surface area (Å²) in [7, 11) is 0. The van der Waals surface area contributed by atoms with Crippen LogP contribution in [0.1, 0.15) is 11.1 Å². The van der Waals surface area contributed by atoms with Crippen molar-refractivity contribution in [3.63, 3.8) is 0 Å². The van der Waals surface area contributed by atoms with E-state index < -0.39 is 0 Å². The normalized spacial score (nSPS) is 9.95. The maximum Gasteiger partial charge on any atom is 0.156 e. The van der Waals surface area contributed by atoms with E-state index in [1.165, 1.54) is 0 Å². The fourth-order valence-electron chi connectivity index (χ4n) is 1.56. The van der Waals surface area contributed by atoms with E-state index in [-0.39, 0.29) is 0 Å². The molecule has 0 spiro atoms. The largest absolute Gasteiger partial charge is 0.486 e. The van der Waals surface area contributed by atoms with E-state index in [1.807, 2.05) is 12.1 Å². The maximum absolute atomic E-state index is 8.72. The van der Waals surface area contributed by atoms with Crippen molar-refractivity contribution in [3.8, 4) is 11.8 Å². The molecular formula is C14H10BrClN2O. The molecule has 5 heteroatoms. The molecular weight excluding hydrogens is 328 g/mol. The molecule has 0 atom stereocenters. The molecule has 2 aromatic rings. The number of anilines is 1. The quantitative estimate of drug-likeness (QED) is 0.856. The molecule has 0 unspecified atom stereocenters. The van der Waals surface area contributed by atoms with Gasteiger partial charge in [-0.05, 0) is 45.8 Å². The summed E-state index contributed by atoms with van der Waals surface area (Å²) < 4.78 is 6.38. The first kappa shape index (κ1) is 13.7. The van der Waals surface area contributed by atoms with Gasteiger partial charge in [0.15, 0.2) is 5.75 Å². The van der Waals surface area contributed by atoms with Crippen LogP contribution < -0.4 is 10.5 Å². The van der Waals surface area contributed by atoms with Crippen LogP contribution in [0.3, 0.4) is 0 Å². The molecule has 3 nitrogen and oxygen atoms in total. The minimum Gasteiger partial charge on any atom is -0.486 e. The summed E-state index contributed by atoms with van der Waals surface area (Å²) in [5.41, 5.74) is 7.91.